The van der Waals surface area contributed by atoms with Crippen LogP contribution in [0.5, 0.6) is 0 Å². The molecule has 10 aromatic rings. The third-order valence-corrected chi connectivity index (χ3v) is 13.5. The number of hydrogen-bond donors (Lipinski definition) is 0. The Bertz CT molecular complexity index is 3280. The van der Waals surface area contributed by atoms with Crippen molar-refractivity contribution in [1.82, 2.24) is 4.57 Å². The highest BCUT2D eigenvalue weighted by Crippen LogP contribution is 2.45. The molecule has 3 heteroatoms. The fourth-order valence-electron chi connectivity index (χ4n) is 9.74. The first kappa shape index (κ1) is 32.6. The van der Waals surface area contributed by atoms with E-state index >= 15 is 0 Å². The highest BCUT2D eigenvalue weighted by Gasteiger charge is 2.25. The minimum absolute atomic E-state index is 1.11. The maximum Gasteiger partial charge on any atom is 0.0622 e. The number of allylic oxidation sites excluding steroid dienone is 2. The lowest BCUT2D eigenvalue weighted by molar-refractivity contribution is 0.909. The van der Waals surface area contributed by atoms with Crippen molar-refractivity contribution in [2.75, 3.05) is 4.90 Å². The first-order valence-electron chi connectivity index (χ1n) is 20.1. The molecule has 12 rings (SSSR count). The molecule has 0 saturated heterocycles. The summed E-state index contributed by atoms with van der Waals surface area (Å²) in [6.07, 6.45) is 14.0. The van der Waals surface area contributed by atoms with Gasteiger partial charge in [-0.25, -0.2) is 0 Å². The summed E-state index contributed by atoms with van der Waals surface area (Å²) in [6.45, 7) is 0. The smallest absolute Gasteiger partial charge is 0.0622 e. The molecule has 0 bridgehead atoms. The van der Waals surface area contributed by atoms with Crippen molar-refractivity contribution in [1.29, 1.82) is 0 Å². The third-order valence-electron chi connectivity index (χ3n) is 12.3. The van der Waals surface area contributed by atoms with Crippen molar-refractivity contribution >= 4 is 93.3 Å². The molecule has 0 atom stereocenters. The number of hydrogen-bond acceptors (Lipinski definition) is 2. The second kappa shape index (κ2) is 12.9. The van der Waals surface area contributed by atoms with Crippen molar-refractivity contribution < 1.29 is 0 Å². The topological polar surface area (TPSA) is 8.17 Å². The molecule has 0 spiro atoms. The molecule has 0 radical (unpaired) electrons. The number of anilines is 3. The van der Waals surface area contributed by atoms with E-state index in [1.165, 1.54) is 86.4 Å². The van der Waals surface area contributed by atoms with Crippen LogP contribution in [0.2, 0.25) is 0 Å². The van der Waals surface area contributed by atoms with Crippen LogP contribution in [0.1, 0.15) is 35.1 Å². The van der Waals surface area contributed by atoms with E-state index in [-0.39, 0.29) is 0 Å². The minimum atomic E-state index is 1.11. The summed E-state index contributed by atoms with van der Waals surface area (Å²) in [7, 11) is 0. The second-order valence-corrected chi connectivity index (χ2v) is 16.5. The van der Waals surface area contributed by atoms with E-state index < -0.39 is 0 Å². The second-order valence-electron chi connectivity index (χ2n) is 15.4. The number of rotatable bonds is 5. The standard InChI is InChI=1S/C54H38N2S/c1-2-14-41-37(12-1)13-11-22-49(41)55(40-32-33-52-48(34-40)44-17-8-10-23-51(44)57-52)38-28-24-35(25-29-38)36-26-30-39(31-27-36)56-50-21-9-7-20-47(50)53-45-18-5-3-15-42(45)43-16-4-6-19-46(43)54(53)56/h1-2,5-14,17-34H,3-4,15-16H2. The van der Waals surface area contributed by atoms with Gasteiger partial charge in [-0.15, -0.1) is 11.3 Å². The lowest BCUT2D eigenvalue weighted by Crippen LogP contribution is -2.10. The van der Waals surface area contributed by atoms with Crippen LogP contribution < -0.4 is 4.90 Å². The molecule has 0 saturated carbocycles. The molecular weight excluding hydrogens is 709 g/mol. The number of nitrogens with zero attached hydrogens (tertiary/aromatic N) is 2. The van der Waals surface area contributed by atoms with Crippen molar-refractivity contribution in [2.24, 2.45) is 0 Å². The third kappa shape index (κ3) is 5.09. The zero-order chi connectivity index (χ0) is 37.5. The maximum atomic E-state index is 2.52. The number of fused-ring (bicyclic) bond motifs is 12. The van der Waals surface area contributed by atoms with E-state index in [0.717, 1.165) is 37.1 Å². The van der Waals surface area contributed by atoms with E-state index in [4.69, 9.17) is 0 Å². The van der Waals surface area contributed by atoms with E-state index in [1.807, 2.05) is 11.3 Å². The zero-order valence-corrected chi connectivity index (χ0v) is 32.3. The Hall–Kier alpha value is -6.68. The molecule has 0 amide bonds. The maximum absolute atomic E-state index is 2.52. The lowest BCUT2D eigenvalue weighted by atomic mass is 9.82. The van der Waals surface area contributed by atoms with E-state index in [1.54, 1.807) is 11.1 Å². The average molecular weight is 747 g/mol. The zero-order valence-electron chi connectivity index (χ0n) is 31.5. The molecule has 0 aliphatic heterocycles. The van der Waals surface area contributed by atoms with Crippen molar-refractivity contribution in [3.05, 3.63) is 192 Å². The molecule has 2 aliphatic rings. The number of benzene rings is 8. The molecule has 0 unspecified atom stereocenters. The first-order chi connectivity index (χ1) is 28.3. The van der Waals surface area contributed by atoms with Gasteiger partial charge in [-0.1, -0.05) is 121 Å². The SMILES string of the molecule is C1=Cc2c(c3c(c4c2c2ccccc2n4-c2ccc(-c4ccc(N(c5ccc6sc7ccccc7c6c5)c5cccc6ccccc56)cc4)cc2)C=CCC3)CC1. The van der Waals surface area contributed by atoms with Crippen LogP contribution in [-0.4, -0.2) is 4.57 Å². The Morgan fingerprint density at radius 1 is 0.491 bits per heavy atom. The highest BCUT2D eigenvalue weighted by atomic mass is 32.1. The van der Waals surface area contributed by atoms with Crippen LogP contribution in [-0.2, 0) is 12.8 Å². The van der Waals surface area contributed by atoms with Gasteiger partial charge < -0.3 is 9.47 Å². The van der Waals surface area contributed by atoms with E-state index in [9.17, 15) is 0 Å². The van der Waals surface area contributed by atoms with Gasteiger partial charge in [0.2, 0.25) is 0 Å². The molecule has 0 fully saturated rings. The monoisotopic (exact) mass is 746 g/mol. The predicted molar refractivity (Wildman–Crippen MR) is 246 cm³/mol. The molecule has 270 valence electrons. The molecule has 0 N–H and O–H groups in total. The molecular formula is C54H38N2S. The summed E-state index contributed by atoms with van der Waals surface area (Å²) in [6, 6.07) is 58.3. The molecule has 8 aromatic carbocycles. The van der Waals surface area contributed by atoms with Gasteiger partial charge in [-0.05, 0) is 120 Å². The van der Waals surface area contributed by atoms with Gasteiger partial charge in [0.25, 0.3) is 0 Å². The Labute approximate surface area is 335 Å². The lowest BCUT2D eigenvalue weighted by Gasteiger charge is -2.27. The molecule has 2 nitrogen and oxygen atoms in total. The van der Waals surface area contributed by atoms with Gasteiger partial charge in [-0.3, -0.25) is 0 Å². The Kier molecular flexibility index (Phi) is 7.39. The normalized spacial score (nSPS) is 13.5. The van der Waals surface area contributed by atoms with E-state index in [0.29, 0.717) is 0 Å². The number of thiophene rings is 1. The summed E-state index contributed by atoms with van der Waals surface area (Å²) in [4.78, 5) is 2.42. The summed E-state index contributed by atoms with van der Waals surface area (Å²) in [5.41, 5.74) is 15.6. The Morgan fingerprint density at radius 2 is 1.12 bits per heavy atom. The predicted octanol–water partition coefficient (Wildman–Crippen LogP) is 15.4. The fraction of sp³-hybridized carbons (Fsp3) is 0.0741. The van der Waals surface area contributed by atoms with Crippen LogP contribution in [0, 0.1) is 0 Å². The highest BCUT2D eigenvalue weighted by molar-refractivity contribution is 7.25. The quantitative estimate of drug-likeness (QED) is 0.170. The van der Waals surface area contributed by atoms with Gasteiger partial charge in [0.15, 0.2) is 0 Å². The molecule has 2 aliphatic carbocycles. The van der Waals surface area contributed by atoms with Gasteiger partial charge in [-0.2, -0.15) is 0 Å². The number of aromatic nitrogens is 1. The van der Waals surface area contributed by atoms with Crippen LogP contribution in [0.4, 0.5) is 17.1 Å². The summed E-state index contributed by atoms with van der Waals surface area (Å²) in [5, 5.41) is 7.79. The largest absolute Gasteiger partial charge is 0.310 e. The van der Waals surface area contributed by atoms with Crippen molar-refractivity contribution in [2.45, 2.75) is 25.7 Å². The first-order valence-corrected chi connectivity index (χ1v) is 20.9. The summed E-state index contributed by atoms with van der Waals surface area (Å²) >= 11 is 1.86. The van der Waals surface area contributed by atoms with Crippen LogP contribution in [0.3, 0.4) is 0 Å². The average Bonchev–Trinajstić information content (AvgIpc) is 3.83. The number of para-hydroxylation sites is 1. The van der Waals surface area contributed by atoms with Gasteiger partial charge >= 0.3 is 0 Å². The van der Waals surface area contributed by atoms with Crippen molar-refractivity contribution in [3.8, 4) is 16.8 Å². The molecule has 2 heterocycles. The summed E-state index contributed by atoms with van der Waals surface area (Å²) < 4.78 is 5.15. The Morgan fingerprint density at radius 3 is 1.95 bits per heavy atom. The van der Waals surface area contributed by atoms with Crippen LogP contribution in [0.25, 0.3) is 81.7 Å². The van der Waals surface area contributed by atoms with Gasteiger partial charge in [0.05, 0.1) is 16.7 Å². The molecule has 57 heavy (non-hydrogen) atoms. The fourth-order valence-corrected chi connectivity index (χ4v) is 10.8. The van der Waals surface area contributed by atoms with E-state index in [2.05, 4.69) is 191 Å². The van der Waals surface area contributed by atoms with Crippen LogP contribution in [0.15, 0.2) is 170 Å². The van der Waals surface area contributed by atoms with Gasteiger partial charge in [0.1, 0.15) is 0 Å². The van der Waals surface area contributed by atoms with Gasteiger partial charge in [0, 0.05) is 59.0 Å². The van der Waals surface area contributed by atoms with Crippen LogP contribution >= 0.6 is 11.3 Å². The van der Waals surface area contributed by atoms with Crippen molar-refractivity contribution in [3.63, 3.8) is 0 Å². The minimum Gasteiger partial charge on any atom is -0.310 e. The molecule has 2 aromatic heterocycles. The Balaban J connectivity index is 0.967. The summed E-state index contributed by atoms with van der Waals surface area (Å²) in [5.74, 6) is 0.